The van der Waals surface area contributed by atoms with Gasteiger partial charge in [-0.25, -0.2) is 0 Å². The molecule has 1 fully saturated rings. The molecule has 3 rings (SSSR count). The Balaban J connectivity index is 1.41. The average Bonchev–Trinajstić information content (AvgIpc) is 2.68. The SMILES string of the molecule is O=C(c1ccccc1)N1CC[NH+](C[C@H](O)COc2ccccc2)CC1. The van der Waals surface area contributed by atoms with E-state index in [1.54, 1.807) is 0 Å². The minimum atomic E-state index is -0.508. The Labute approximate surface area is 148 Å². The largest absolute Gasteiger partial charge is 0.491 e. The summed E-state index contributed by atoms with van der Waals surface area (Å²) in [6.07, 6.45) is -0.508. The molecular weight excluding hydrogens is 316 g/mol. The topological polar surface area (TPSA) is 54.2 Å². The molecule has 5 heteroatoms. The van der Waals surface area contributed by atoms with Crippen LogP contribution in [0.1, 0.15) is 10.4 Å². The maximum atomic E-state index is 12.4. The molecule has 1 amide bonds. The highest BCUT2D eigenvalue weighted by Crippen LogP contribution is 2.08. The number of rotatable bonds is 6. The van der Waals surface area contributed by atoms with Crippen molar-refractivity contribution in [1.82, 2.24) is 4.90 Å². The molecule has 5 nitrogen and oxygen atoms in total. The Morgan fingerprint density at radius 3 is 2.28 bits per heavy atom. The van der Waals surface area contributed by atoms with Gasteiger partial charge in [0.05, 0.1) is 26.2 Å². The van der Waals surface area contributed by atoms with Gasteiger partial charge in [-0.2, -0.15) is 0 Å². The maximum absolute atomic E-state index is 12.4. The monoisotopic (exact) mass is 341 g/mol. The molecule has 1 saturated heterocycles. The summed E-state index contributed by atoms with van der Waals surface area (Å²) in [6, 6.07) is 18.9. The minimum absolute atomic E-state index is 0.0904. The van der Waals surface area contributed by atoms with Gasteiger partial charge in [-0.3, -0.25) is 4.79 Å². The molecule has 0 bridgehead atoms. The lowest BCUT2D eigenvalue weighted by Crippen LogP contribution is -3.16. The number of benzene rings is 2. The van der Waals surface area contributed by atoms with Gasteiger partial charge in [-0.15, -0.1) is 0 Å². The summed E-state index contributed by atoms with van der Waals surface area (Å²) in [7, 11) is 0. The van der Waals surface area contributed by atoms with Crippen LogP contribution < -0.4 is 9.64 Å². The van der Waals surface area contributed by atoms with Gasteiger partial charge in [-0.05, 0) is 24.3 Å². The van der Waals surface area contributed by atoms with Crippen molar-refractivity contribution in [2.24, 2.45) is 0 Å². The van der Waals surface area contributed by atoms with Crippen molar-refractivity contribution in [3.8, 4) is 5.75 Å². The van der Waals surface area contributed by atoms with Crippen LogP contribution in [0.25, 0.3) is 0 Å². The Morgan fingerprint density at radius 2 is 1.64 bits per heavy atom. The fourth-order valence-corrected chi connectivity index (χ4v) is 3.09. The number of nitrogens with zero attached hydrogens (tertiary/aromatic N) is 1. The predicted octanol–water partition coefficient (Wildman–Crippen LogP) is 0.467. The van der Waals surface area contributed by atoms with Gasteiger partial charge in [0, 0.05) is 5.56 Å². The number of ether oxygens (including phenoxy) is 1. The fourth-order valence-electron chi connectivity index (χ4n) is 3.09. The normalized spacial score (nSPS) is 16.4. The Hall–Kier alpha value is -2.37. The summed E-state index contributed by atoms with van der Waals surface area (Å²) in [5.41, 5.74) is 0.738. The lowest BCUT2D eigenvalue weighted by molar-refractivity contribution is -0.907. The van der Waals surface area contributed by atoms with Crippen molar-refractivity contribution in [2.75, 3.05) is 39.3 Å². The van der Waals surface area contributed by atoms with Gasteiger partial charge in [0.1, 0.15) is 25.0 Å². The molecule has 25 heavy (non-hydrogen) atoms. The highest BCUT2D eigenvalue weighted by Gasteiger charge is 2.26. The van der Waals surface area contributed by atoms with Gasteiger partial charge in [-0.1, -0.05) is 36.4 Å². The second-order valence-corrected chi connectivity index (χ2v) is 6.39. The van der Waals surface area contributed by atoms with Crippen molar-refractivity contribution in [2.45, 2.75) is 6.10 Å². The first-order chi connectivity index (χ1) is 12.2. The first kappa shape index (κ1) is 17.5. The number of carbonyl (C=O) groups is 1. The first-order valence-corrected chi connectivity index (χ1v) is 8.76. The number of hydrogen-bond acceptors (Lipinski definition) is 3. The van der Waals surface area contributed by atoms with Crippen LogP contribution >= 0.6 is 0 Å². The van der Waals surface area contributed by atoms with E-state index in [9.17, 15) is 9.90 Å². The lowest BCUT2D eigenvalue weighted by atomic mass is 10.2. The molecule has 1 atom stereocenters. The van der Waals surface area contributed by atoms with Gasteiger partial charge in [0.2, 0.25) is 0 Å². The van der Waals surface area contributed by atoms with Crippen LogP contribution in [0.5, 0.6) is 5.75 Å². The molecule has 0 aromatic heterocycles. The third-order valence-corrected chi connectivity index (χ3v) is 4.49. The quantitative estimate of drug-likeness (QED) is 0.803. The van der Waals surface area contributed by atoms with E-state index in [4.69, 9.17) is 4.74 Å². The van der Waals surface area contributed by atoms with Crippen molar-refractivity contribution < 1.29 is 19.5 Å². The Morgan fingerprint density at radius 1 is 1.04 bits per heavy atom. The van der Waals surface area contributed by atoms with E-state index in [1.165, 1.54) is 4.90 Å². The van der Waals surface area contributed by atoms with Crippen molar-refractivity contribution >= 4 is 5.91 Å². The third-order valence-electron chi connectivity index (χ3n) is 4.49. The standard InChI is InChI=1S/C20H24N2O3/c23-18(16-25-19-9-5-2-6-10-19)15-21-11-13-22(14-12-21)20(24)17-7-3-1-4-8-17/h1-10,18,23H,11-16H2/p+1/t18-/m0/s1. The number of amides is 1. The van der Waals surface area contributed by atoms with E-state index in [-0.39, 0.29) is 5.91 Å². The number of piperazine rings is 1. The highest BCUT2D eigenvalue weighted by molar-refractivity contribution is 5.94. The molecule has 0 radical (unpaired) electrons. The molecule has 0 spiro atoms. The number of quaternary nitrogens is 1. The van der Waals surface area contributed by atoms with Crippen LogP contribution in [0.15, 0.2) is 60.7 Å². The zero-order chi connectivity index (χ0) is 17.5. The molecule has 0 aliphatic carbocycles. The molecule has 2 N–H and O–H groups in total. The zero-order valence-electron chi connectivity index (χ0n) is 14.3. The van der Waals surface area contributed by atoms with Crippen LogP contribution in [0.2, 0.25) is 0 Å². The van der Waals surface area contributed by atoms with E-state index in [0.29, 0.717) is 13.2 Å². The van der Waals surface area contributed by atoms with E-state index in [0.717, 1.165) is 37.5 Å². The van der Waals surface area contributed by atoms with Crippen LogP contribution in [0.3, 0.4) is 0 Å². The maximum Gasteiger partial charge on any atom is 0.254 e. The summed E-state index contributed by atoms with van der Waals surface area (Å²) in [5.74, 6) is 0.863. The Kier molecular flexibility index (Phi) is 6.04. The highest BCUT2D eigenvalue weighted by atomic mass is 16.5. The second-order valence-electron chi connectivity index (χ2n) is 6.39. The van der Waals surface area contributed by atoms with Gasteiger partial charge in [0.25, 0.3) is 5.91 Å². The van der Waals surface area contributed by atoms with Crippen LogP contribution in [-0.4, -0.2) is 61.3 Å². The Bertz CT molecular complexity index is 655. The minimum Gasteiger partial charge on any atom is -0.491 e. The third kappa shape index (κ3) is 5.05. The fraction of sp³-hybridized carbons (Fsp3) is 0.350. The molecule has 2 aromatic rings. The molecule has 132 valence electrons. The molecule has 2 aromatic carbocycles. The summed E-state index contributed by atoms with van der Waals surface area (Å²) >= 11 is 0. The summed E-state index contributed by atoms with van der Waals surface area (Å²) in [5, 5.41) is 10.2. The smallest absolute Gasteiger partial charge is 0.254 e. The van der Waals surface area contributed by atoms with Crippen LogP contribution in [0, 0.1) is 0 Å². The van der Waals surface area contributed by atoms with Gasteiger partial charge in [0.15, 0.2) is 0 Å². The van der Waals surface area contributed by atoms with Gasteiger partial charge >= 0.3 is 0 Å². The number of aliphatic hydroxyl groups is 1. The second kappa shape index (κ2) is 8.65. The number of carbonyl (C=O) groups excluding carboxylic acids is 1. The van der Waals surface area contributed by atoms with E-state index in [1.807, 2.05) is 65.6 Å². The predicted molar refractivity (Wildman–Crippen MR) is 95.9 cm³/mol. The molecule has 0 saturated carbocycles. The lowest BCUT2D eigenvalue weighted by Gasteiger charge is -2.33. The average molecular weight is 341 g/mol. The van der Waals surface area contributed by atoms with E-state index >= 15 is 0 Å². The van der Waals surface area contributed by atoms with Crippen molar-refractivity contribution in [3.63, 3.8) is 0 Å². The first-order valence-electron chi connectivity index (χ1n) is 8.76. The number of para-hydroxylation sites is 1. The molecule has 1 aliphatic rings. The van der Waals surface area contributed by atoms with E-state index in [2.05, 4.69) is 0 Å². The molecule has 1 heterocycles. The number of hydrogen-bond donors (Lipinski definition) is 2. The molecular formula is C20H25N2O3+. The van der Waals surface area contributed by atoms with E-state index < -0.39 is 6.10 Å². The van der Waals surface area contributed by atoms with Crippen molar-refractivity contribution in [1.29, 1.82) is 0 Å². The van der Waals surface area contributed by atoms with Crippen molar-refractivity contribution in [3.05, 3.63) is 66.2 Å². The van der Waals surface area contributed by atoms with Crippen LogP contribution in [-0.2, 0) is 0 Å². The molecule has 1 aliphatic heterocycles. The van der Waals surface area contributed by atoms with Crippen LogP contribution in [0.4, 0.5) is 0 Å². The van der Waals surface area contributed by atoms with Gasteiger partial charge < -0.3 is 19.6 Å². The summed E-state index contributed by atoms with van der Waals surface area (Å²) in [6.45, 7) is 4.06. The zero-order valence-corrected chi connectivity index (χ0v) is 14.3. The molecule has 0 unspecified atom stereocenters. The number of aliphatic hydroxyl groups excluding tert-OH is 1. The number of nitrogens with one attached hydrogen (secondary N) is 1. The summed E-state index contributed by atoms with van der Waals surface area (Å²) < 4.78 is 5.60. The summed E-state index contributed by atoms with van der Waals surface area (Å²) in [4.78, 5) is 15.6.